The van der Waals surface area contributed by atoms with Crippen molar-refractivity contribution in [2.45, 2.75) is 62.0 Å². The summed E-state index contributed by atoms with van der Waals surface area (Å²) in [5, 5.41) is 0. The van der Waals surface area contributed by atoms with Gasteiger partial charge in [-0.25, -0.2) is 26.3 Å². The highest BCUT2D eigenvalue weighted by atomic mass is 32.2. The van der Waals surface area contributed by atoms with E-state index in [0.29, 0.717) is 25.8 Å². The third-order valence-electron chi connectivity index (χ3n) is 7.67. The van der Waals surface area contributed by atoms with Gasteiger partial charge in [0.15, 0.2) is 0 Å². The number of carbonyl (C=O) groups excluding carboxylic acids is 1. The SMILES string of the molecule is CC(NS(=O)(=O)C1(C)CC1)[C@@H]1CCN1C(=O)[C@@H]1C[C@@]1(F)c1ccccc1-c1c(F)cccc1F. The van der Waals surface area contributed by atoms with Gasteiger partial charge in [0.2, 0.25) is 15.9 Å². The number of nitrogens with zero attached hydrogens (tertiary/aromatic N) is 1. The second-order valence-electron chi connectivity index (χ2n) is 10.0. The molecule has 4 atom stereocenters. The van der Waals surface area contributed by atoms with Crippen LogP contribution < -0.4 is 4.72 Å². The zero-order valence-electron chi connectivity index (χ0n) is 19.0. The number of sulfonamides is 1. The molecule has 1 heterocycles. The summed E-state index contributed by atoms with van der Waals surface area (Å²) in [6, 6.07) is 8.72. The topological polar surface area (TPSA) is 66.5 Å². The monoisotopic (exact) mass is 492 g/mol. The summed E-state index contributed by atoms with van der Waals surface area (Å²) in [6.45, 7) is 3.84. The minimum absolute atomic E-state index is 0.0830. The lowest BCUT2D eigenvalue weighted by Gasteiger charge is -2.45. The number of rotatable bonds is 7. The zero-order chi connectivity index (χ0) is 24.5. The normalized spacial score (nSPS) is 28.2. The fourth-order valence-electron chi connectivity index (χ4n) is 4.95. The molecule has 2 saturated carbocycles. The van der Waals surface area contributed by atoms with Crippen LogP contribution in [-0.2, 0) is 20.5 Å². The standard InChI is InChI=1S/C25H27F3N2O3S/c1-15(29-34(32,33)24(2)11-12-24)21-10-13-30(21)23(31)18-14-25(18,28)17-7-4-3-6-16(17)22-19(26)8-5-9-20(22)27/h3-9,15,18,21,29H,10-14H2,1-2H3/t15?,18-,21-,25+/m0/s1. The molecular weight excluding hydrogens is 465 g/mol. The predicted octanol–water partition coefficient (Wildman–Crippen LogP) is 4.28. The lowest BCUT2D eigenvalue weighted by molar-refractivity contribution is -0.142. The molecule has 1 unspecified atom stereocenters. The van der Waals surface area contributed by atoms with E-state index in [1.54, 1.807) is 26.0 Å². The van der Waals surface area contributed by atoms with Gasteiger partial charge in [-0.3, -0.25) is 4.79 Å². The molecule has 9 heteroatoms. The summed E-state index contributed by atoms with van der Waals surface area (Å²) in [5.74, 6) is -2.97. The number of halogens is 3. The third-order valence-corrected chi connectivity index (χ3v) is 10.1. The van der Waals surface area contributed by atoms with Crippen molar-refractivity contribution in [3.05, 3.63) is 59.7 Å². The van der Waals surface area contributed by atoms with Crippen molar-refractivity contribution in [2.24, 2.45) is 5.92 Å². The van der Waals surface area contributed by atoms with Crippen LogP contribution in [-0.4, -0.2) is 42.6 Å². The van der Waals surface area contributed by atoms with Gasteiger partial charge in [-0.1, -0.05) is 30.3 Å². The molecule has 2 aliphatic carbocycles. The molecule has 182 valence electrons. The zero-order valence-corrected chi connectivity index (χ0v) is 19.8. The Kier molecular flexibility index (Phi) is 5.37. The Balaban J connectivity index is 1.35. The number of amides is 1. The Morgan fingerprint density at radius 2 is 1.76 bits per heavy atom. The fraction of sp³-hybridized carbons (Fsp3) is 0.480. The fourth-order valence-corrected chi connectivity index (χ4v) is 6.52. The second-order valence-corrected chi connectivity index (χ2v) is 12.2. The second kappa shape index (κ2) is 7.81. The van der Waals surface area contributed by atoms with Crippen LogP contribution in [0.15, 0.2) is 42.5 Å². The summed E-state index contributed by atoms with van der Waals surface area (Å²) in [5.41, 5.74) is -2.17. The lowest BCUT2D eigenvalue weighted by atomic mass is 9.92. The molecule has 5 rings (SSSR count). The molecule has 1 saturated heterocycles. The van der Waals surface area contributed by atoms with Crippen molar-refractivity contribution in [3.63, 3.8) is 0 Å². The van der Waals surface area contributed by atoms with E-state index in [4.69, 9.17) is 0 Å². The summed E-state index contributed by atoms with van der Waals surface area (Å²) in [6.07, 6.45) is 1.75. The Morgan fingerprint density at radius 1 is 1.12 bits per heavy atom. The molecule has 0 radical (unpaired) electrons. The van der Waals surface area contributed by atoms with Crippen molar-refractivity contribution >= 4 is 15.9 Å². The minimum atomic E-state index is -3.50. The molecule has 2 aromatic carbocycles. The number of carbonyl (C=O) groups is 1. The lowest BCUT2D eigenvalue weighted by Crippen LogP contribution is -2.61. The van der Waals surface area contributed by atoms with Crippen LogP contribution in [0.25, 0.3) is 11.1 Å². The van der Waals surface area contributed by atoms with E-state index >= 15 is 4.39 Å². The molecule has 1 amide bonds. The van der Waals surface area contributed by atoms with E-state index < -0.39 is 49.9 Å². The van der Waals surface area contributed by atoms with Gasteiger partial charge in [-0.05, 0) is 56.4 Å². The quantitative estimate of drug-likeness (QED) is 0.628. The highest BCUT2D eigenvalue weighted by Gasteiger charge is 2.64. The van der Waals surface area contributed by atoms with Gasteiger partial charge in [0.25, 0.3) is 0 Å². The summed E-state index contributed by atoms with van der Waals surface area (Å²) < 4.78 is 72.0. The van der Waals surface area contributed by atoms with Crippen LogP contribution in [0.3, 0.4) is 0 Å². The van der Waals surface area contributed by atoms with Crippen LogP contribution in [0.1, 0.15) is 45.1 Å². The molecule has 0 spiro atoms. The van der Waals surface area contributed by atoms with Gasteiger partial charge in [0.05, 0.1) is 16.2 Å². The molecule has 2 aromatic rings. The van der Waals surface area contributed by atoms with Crippen LogP contribution in [0.5, 0.6) is 0 Å². The van der Waals surface area contributed by atoms with Crippen molar-refractivity contribution < 1.29 is 26.4 Å². The Hall–Kier alpha value is -2.39. The molecule has 3 aliphatic rings. The van der Waals surface area contributed by atoms with Gasteiger partial charge < -0.3 is 4.90 Å². The maximum Gasteiger partial charge on any atom is 0.229 e. The van der Waals surface area contributed by atoms with E-state index in [1.807, 2.05) is 0 Å². The predicted molar refractivity (Wildman–Crippen MR) is 122 cm³/mol. The van der Waals surface area contributed by atoms with E-state index in [0.717, 1.165) is 12.1 Å². The van der Waals surface area contributed by atoms with Gasteiger partial charge in [-0.15, -0.1) is 0 Å². The van der Waals surface area contributed by atoms with Crippen LogP contribution in [0.4, 0.5) is 13.2 Å². The number of likely N-dealkylation sites (tertiary alicyclic amines) is 1. The van der Waals surface area contributed by atoms with Crippen LogP contribution >= 0.6 is 0 Å². The molecule has 1 N–H and O–H groups in total. The largest absolute Gasteiger partial charge is 0.338 e. The Morgan fingerprint density at radius 3 is 2.35 bits per heavy atom. The maximum atomic E-state index is 16.0. The smallest absolute Gasteiger partial charge is 0.229 e. The van der Waals surface area contributed by atoms with Crippen molar-refractivity contribution in [3.8, 4) is 11.1 Å². The van der Waals surface area contributed by atoms with E-state index in [9.17, 15) is 22.0 Å². The molecule has 0 aromatic heterocycles. The molecule has 3 fully saturated rings. The van der Waals surface area contributed by atoms with Gasteiger partial charge in [0.1, 0.15) is 17.3 Å². The summed E-state index contributed by atoms with van der Waals surface area (Å²) in [7, 11) is -3.50. The first-order valence-electron chi connectivity index (χ1n) is 11.5. The molecule has 0 bridgehead atoms. The van der Waals surface area contributed by atoms with E-state index in [2.05, 4.69) is 4.72 Å². The van der Waals surface area contributed by atoms with E-state index in [-0.39, 0.29) is 29.2 Å². The number of benzene rings is 2. The van der Waals surface area contributed by atoms with Crippen LogP contribution in [0, 0.1) is 17.6 Å². The van der Waals surface area contributed by atoms with E-state index in [1.165, 1.54) is 23.1 Å². The maximum absolute atomic E-state index is 16.0. The summed E-state index contributed by atoms with van der Waals surface area (Å²) in [4.78, 5) is 14.7. The Bertz CT molecular complexity index is 1240. The Labute approximate surface area is 197 Å². The van der Waals surface area contributed by atoms with Crippen molar-refractivity contribution in [2.75, 3.05) is 6.54 Å². The highest BCUT2D eigenvalue weighted by Crippen LogP contribution is 2.59. The molecular formula is C25H27F3N2O3S. The first kappa shape index (κ1) is 23.4. The van der Waals surface area contributed by atoms with Gasteiger partial charge in [0, 0.05) is 25.0 Å². The average molecular weight is 493 g/mol. The first-order valence-corrected chi connectivity index (χ1v) is 13.0. The molecule has 5 nitrogen and oxygen atoms in total. The third kappa shape index (κ3) is 3.64. The van der Waals surface area contributed by atoms with Crippen molar-refractivity contribution in [1.29, 1.82) is 0 Å². The van der Waals surface area contributed by atoms with Crippen molar-refractivity contribution in [1.82, 2.24) is 9.62 Å². The van der Waals surface area contributed by atoms with Gasteiger partial charge in [-0.2, -0.15) is 0 Å². The average Bonchev–Trinajstić information content (AvgIpc) is 3.64. The summed E-state index contributed by atoms with van der Waals surface area (Å²) >= 11 is 0. The number of nitrogens with one attached hydrogen (secondary N) is 1. The number of alkyl halides is 1. The van der Waals surface area contributed by atoms with Crippen LogP contribution in [0.2, 0.25) is 0 Å². The first-order chi connectivity index (χ1) is 16.0. The molecule has 34 heavy (non-hydrogen) atoms. The minimum Gasteiger partial charge on any atom is -0.338 e. The van der Waals surface area contributed by atoms with Gasteiger partial charge >= 0.3 is 0 Å². The molecule has 1 aliphatic heterocycles. The number of hydrogen-bond acceptors (Lipinski definition) is 3. The highest BCUT2D eigenvalue weighted by molar-refractivity contribution is 7.91. The number of hydrogen-bond donors (Lipinski definition) is 1.